The lowest BCUT2D eigenvalue weighted by Gasteiger charge is -2.12. The van der Waals surface area contributed by atoms with Gasteiger partial charge < -0.3 is 15.4 Å². The van der Waals surface area contributed by atoms with E-state index in [1.807, 2.05) is 0 Å². The molecule has 0 bridgehead atoms. The van der Waals surface area contributed by atoms with Crippen molar-refractivity contribution in [1.29, 1.82) is 0 Å². The quantitative estimate of drug-likeness (QED) is 0.868. The van der Waals surface area contributed by atoms with Crippen molar-refractivity contribution in [2.24, 2.45) is 0 Å². The zero-order valence-corrected chi connectivity index (χ0v) is 12.8. The Kier molecular flexibility index (Phi) is 5.19. The second-order valence-corrected chi connectivity index (χ2v) is 7.18. The highest BCUT2D eigenvalue weighted by Crippen LogP contribution is 2.15. The van der Waals surface area contributed by atoms with E-state index in [4.69, 9.17) is 4.74 Å². The third kappa shape index (κ3) is 4.44. The molecule has 2 amide bonds. The van der Waals surface area contributed by atoms with Crippen LogP contribution in [-0.4, -0.2) is 39.5 Å². The lowest BCUT2D eigenvalue weighted by atomic mass is 10.2. The molecule has 1 fully saturated rings. The van der Waals surface area contributed by atoms with E-state index < -0.39 is 9.84 Å². The van der Waals surface area contributed by atoms with Gasteiger partial charge in [0, 0.05) is 18.8 Å². The third-order valence-corrected chi connectivity index (χ3v) is 5.12. The van der Waals surface area contributed by atoms with E-state index in [1.54, 1.807) is 19.1 Å². The molecule has 1 saturated heterocycles. The maximum absolute atomic E-state index is 11.7. The van der Waals surface area contributed by atoms with Gasteiger partial charge in [-0.1, -0.05) is 6.92 Å². The van der Waals surface area contributed by atoms with Crippen molar-refractivity contribution in [3.8, 4) is 0 Å². The number of hydrogen-bond acceptors (Lipinski definition) is 4. The second kappa shape index (κ2) is 6.91. The van der Waals surface area contributed by atoms with Crippen LogP contribution in [0.25, 0.3) is 0 Å². The van der Waals surface area contributed by atoms with Gasteiger partial charge in [-0.15, -0.1) is 0 Å². The molecule has 21 heavy (non-hydrogen) atoms. The molecule has 1 atom stereocenters. The first kappa shape index (κ1) is 15.8. The highest BCUT2D eigenvalue weighted by Gasteiger charge is 2.16. The summed E-state index contributed by atoms with van der Waals surface area (Å²) in [5.41, 5.74) is 0.551. The number of ether oxygens (including phenoxy) is 1. The number of carbonyl (C=O) groups is 1. The molecule has 7 heteroatoms. The van der Waals surface area contributed by atoms with Crippen LogP contribution in [0.1, 0.15) is 19.8 Å². The summed E-state index contributed by atoms with van der Waals surface area (Å²) >= 11 is 0. The van der Waals surface area contributed by atoms with Crippen LogP contribution in [0.4, 0.5) is 10.5 Å². The monoisotopic (exact) mass is 312 g/mol. The number of benzene rings is 1. The van der Waals surface area contributed by atoms with Crippen molar-refractivity contribution in [3.05, 3.63) is 24.3 Å². The lowest BCUT2D eigenvalue weighted by molar-refractivity contribution is 0.112. The van der Waals surface area contributed by atoms with Crippen LogP contribution in [0.3, 0.4) is 0 Å². The van der Waals surface area contributed by atoms with Crippen molar-refractivity contribution >= 4 is 21.6 Å². The molecule has 2 rings (SSSR count). The standard InChI is InChI=1S/C14H20N2O4S/c1-2-21(18,19)13-7-5-11(6-8-13)16-14(17)15-10-12-4-3-9-20-12/h5-8,12H,2-4,9-10H2,1H3,(H2,15,16,17)/t12-/m0/s1. The number of nitrogens with one attached hydrogen (secondary N) is 2. The summed E-state index contributed by atoms with van der Waals surface area (Å²) in [4.78, 5) is 12.0. The number of amides is 2. The Morgan fingerprint density at radius 2 is 2.05 bits per heavy atom. The molecule has 1 heterocycles. The number of carbonyl (C=O) groups excluding carboxylic acids is 1. The maximum Gasteiger partial charge on any atom is 0.319 e. The largest absolute Gasteiger partial charge is 0.376 e. The van der Waals surface area contributed by atoms with Gasteiger partial charge in [0.25, 0.3) is 0 Å². The molecule has 1 aromatic rings. The molecule has 2 N–H and O–H groups in total. The van der Waals surface area contributed by atoms with Crippen molar-refractivity contribution in [1.82, 2.24) is 5.32 Å². The summed E-state index contributed by atoms with van der Waals surface area (Å²) < 4.78 is 28.8. The number of anilines is 1. The molecule has 6 nitrogen and oxygen atoms in total. The minimum atomic E-state index is -3.21. The topological polar surface area (TPSA) is 84.5 Å². The summed E-state index contributed by atoms with van der Waals surface area (Å²) in [5, 5.41) is 5.40. The molecular weight excluding hydrogens is 292 g/mol. The van der Waals surface area contributed by atoms with E-state index in [-0.39, 0.29) is 22.8 Å². The SMILES string of the molecule is CCS(=O)(=O)c1ccc(NC(=O)NC[C@@H]2CCCO2)cc1. The maximum atomic E-state index is 11.7. The molecule has 116 valence electrons. The summed E-state index contributed by atoms with van der Waals surface area (Å²) in [5.74, 6) is 0.0572. The molecular formula is C14H20N2O4S. The Labute approximate surface area is 124 Å². The van der Waals surface area contributed by atoms with Crippen LogP contribution >= 0.6 is 0 Å². The fourth-order valence-electron chi connectivity index (χ4n) is 2.10. The van der Waals surface area contributed by atoms with Crippen LogP contribution in [-0.2, 0) is 14.6 Å². The van der Waals surface area contributed by atoms with Crippen LogP contribution in [0.5, 0.6) is 0 Å². The number of hydrogen-bond donors (Lipinski definition) is 2. The van der Waals surface area contributed by atoms with Crippen LogP contribution in [0, 0.1) is 0 Å². The number of rotatable bonds is 5. The van der Waals surface area contributed by atoms with Gasteiger partial charge >= 0.3 is 6.03 Å². The molecule has 0 aromatic heterocycles. The Hall–Kier alpha value is -1.60. The number of sulfone groups is 1. The molecule has 0 unspecified atom stereocenters. The third-order valence-electron chi connectivity index (χ3n) is 3.37. The molecule has 0 aliphatic carbocycles. The number of urea groups is 1. The van der Waals surface area contributed by atoms with Crippen molar-refractivity contribution in [2.75, 3.05) is 24.2 Å². The first-order valence-electron chi connectivity index (χ1n) is 7.00. The zero-order valence-electron chi connectivity index (χ0n) is 12.0. The molecule has 0 radical (unpaired) electrons. The Morgan fingerprint density at radius 3 is 2.62 bits per heavy atom. The molecule has 1 aromatic carbocycles. The summed E-state index contributed by atoms with van der Waals surface area (Å²) in [6, 6.07) is 5.82. The van der Waals surface area contributed by atoms with Crippen molar-refractivity contribution in [2.45, 2.75) is 30.8 Å². The highest BCUT2D eigenvalue weighted by molar-refractivity contribution is 7.91. The van der Waals surface area contributed by atoms with E-state index in [0.717, 1.165) is 19.4 Å². The normalized spacial score (nSPS) is 18.4. The highest BCUT2D eigenvalue weighted by atomic mass is 32.2. The van der Waals surface area contributed by atoms with E-state index in [1.165, 1.54) is 12.1 Å². The van der Waals surface area contributed by atoms with Crippen molar-refractivity contribution in [3.63, 3.8) is 0 Å². The van der Waals surface area contributed by atoms with Crippen molar-refractivity contribution < 1.29 is 17.9 Å². The predicted octanol–water partition coefficient (Wildman–Crippen LogP) is 1.78. The van der Waals surface area contributed by atoms with E-state index in [2.05, 4.69) is 10.6 Å². The lowest BCUT2D eigenvalue weighted by Crippen LogP contribution is -2.35. The summed E-state index contributed by atoms with van der Waals surface area (Å²) in [6.45, 7) is 2.83. The molecule has 1 aliphatic rings. The zero-order chi connectivity index (χ0) is 15.3. The summed E-state index contributed by atoms with van der Waals surface area (Å²) in [7, 11) is -3.21. The molecule has 1 aliphatic heterocycles. The average molecular weight is 312 g/mol. The molecule has 0 spiro atoms. The average Bonchev–Trinajstić information content (AvgIpc) is 2.99. The van der Waals surface area contributed by atoms with Gasteiger partial charge in [0.1, 0.15) is 0 Å². The first-order chi connectivity index (χ1) is 10.0. The van der Waals surface area contributed by atoms with Gasteiger partial charge in [0.15, 0.2) is 9.84 Å². The van der Waals surface area contributed by atoms with Gasteiger partial charge in [-0.05, 0) is 37.1 Å². The van der Waals surface area contributed by atoms with Crippen LogP contribution < -0.4 is 10.6 Å². The fourth-order valence-corrected chi connectivity index (χ4v) is 2.98. The smallest absolute Gasteiger partial charge is 0.319 e. The van der Waals surface area contributed by atoms with Crippen LogP contribution in [0.15, 0.2) is 29.2 Å². The first-order valence-corrected chi connectivity index (χ1v) is 8.66. The van der Waals surface area contributed by atoms with Gasteiger partial charge in [-0.3, -0.25) is 0 Å². The second-order valence-electron chi connectivity index (χ2n) is 4.90. The van der Waals surface area contributed by atoms with E-state index >= 15 is 0 Å². The minimum Gasteiger partial charge on any atom is -0.376 e. The Morgan fingerprint density at radius 1 is 1.33 bits per heavy atom. The molecule has 0 saturated carbocycles. The van der Waals surface area contributed by atoms with Crippen LogP contribution in [0.2, 0.25) is 0 Å². The van der Waals surface area contributed by atoms with E-state index in [0.29, 0.717) is 12.2 Å². The fraction of sp³-hybridized carbons (Fsp3) is 0.500. The minimum absolute atomic E-state index is 0.0572. The summed E-state index contributed by atoms with van der Waals surface area (Å²) in [6.07, 6.45) is 2.08. The van der Waals surface area contributed by atoms with Gasteiger partial charge in [-0.25, -0.2) is 13.2 Å². The van der Waals surface area contributed by atoms with E-state index in [9.17, 15) is 13.2 Å². The predicted molar refractivity (Wildman–Crippen MR) is 80.2 cm³/mol. The van der Waals surface area contributed by atoms with Gasteiger partial charge in [0.05, 0.1) is 16.8 Å². The van der Waals surface area contributed by atoms with Gasteiger partial charge in [-0.2, -0.15) is 0 Å². The Bertz CT molecular complexity index is 577. The van der Waals surface area contributed by atoms with Gasteiger partial charge in [0.2, 0.25) is 0 Å². The Balaban J connectivity index is 1.86.